The first-order valence-electron chi connectivity index (χ1n) is 6.00. The monoisotopic (exact) mass is 298 g/mol. The number of aromatic hydroxyl groups is 2. The van der Waals surface area contributed by atoms with Gasteiger partial charge in [0.2, 0.25) is 0 Å². The van der Waals surface area contributed by atoms with E-state index in [4.69, 9.17) is 10.5 Å². The molecule has 0 fully saturated rings. The van der Waals surface area contributed by atoms with Crippen LogP contribution >= 0.6 is 0 Å². The van der Waals surface area contributed by atoms with E-state index in [1.165, 1.54) is 18.2 Å². The van der Waals surface area contributed by atoms with Gasteiger partial charge < -0.3 is 10.2 Å². The number of rotatable bonds is 2. The lowest BCUT2D eigenvalue weighted by Crippen LogP contribution is -1.91. The molecule has 0 amide bonds. The topological polar surface area (TPSA) is 88.0 Å². The van der Waals surface area contributed by atoms with Crippen molar-refractivity contribution in [2.24, 2.45) is 0 Å². The van der Waals surface area contributed by atoms with Gasteiger partial charge in [0.1, 0.15) is 23.3 Å². The average molecular weight is 298 g/mol. The molecule has 2 aromatic carbocycles. The highest BCUT2D eigenvalue weighted by molar-refractivity contribution is 5.79. The van der Waals surface area contributed by atoms with Crippen molar-refractivity contribution >= 4 is 12.2 Å². The second kappa shape index (κ2) is 5.94. The number of nitrogens with zero attached hydrogens (tertiary/aromatic N) is 2. The average Bonchev–Trinajstić information content (AvgIpc) is 2.49. The van der Waals surface area contributed by atoms with Gasteiger partial charge in [0.25, 0.3) is 0 Å². The van der Waals surface area contributed by atoms with Crippen LogP contribution in [0.15, 0.2) is 24.3 Å². The summed E-state index contributed by atoms with van der Waals surface area (Å²) in [6, 6.07) is 7.40. The van der Waals surface area contributed by atoms with Crippen LogP contribution in [0.1, 0.15) is 22.3 Å². The zero-order chi connectivity index (χ0) is 16.3. The molecule has 0 spiro atoms. The van der Waals surface area contributed by atoms with E-state index in [-0.39, 0.29) is 22.3 Å². The van der Waals surface area contributed by atoms with Gasteiger partial charge in [-0.15, -0.1) is 0 Å². The Kier molecular flexibility index (Phi) is 4.06. The van der Waals surface area contributed by atoms with Crippen molar-refractivity contribution in [2.45, 2.75) is 0 Å². The van der Waals surface area contributed by atoms with Gasteiger partial charge in [-0.2, -0.15) is 10.5 Å². The Bertz CT molecular complexity index is 862. The first kappa shape index (κ1) is 15.0. The molecule has 0 heterocycles. The molecule has 4 nitrogen and oxygen atoms in total. The summed E-state index contributed by atoms with van der Waals surface area (Å²) in [4.78, 5) is 0. The van der Waals surface area contributed by atoms with E-state index >= 15 is 0 Å². The van der Waals surface area contributed by atoms with Crippen molar-refractivity contribution in [1.82, 2.24) is 0 Å². The first-order chi connectivity index (χ1) is 10.5. The maximum Gasteiger partial charge on any atom is 0.176 e. The minimum absolute atomic E-state index is 0.0315. The zero-order valence-corrected chi connectivity index (χ0v) is 11.0. The van der Waals surface area contributed by atoms with E-state index < -0.39 is 23.1 Å². The Balaban J connectivity index is 2.58. The highest BCUT2D eigenvalue weighted by Gasteiger charge is 2.15. The number of benzene rings is 2. The molecule has 0 aliphatic heterocycles. The van der Waals surface area contributed by atoms with Crippen LogP contribution in [0.2, 0.25) is 0 Å². The number of halogens is 2. The van der Waals surface area contributed by atoms with Crippen LogP contribution < -0.4 is 0 Å². The summed E-state index contributed by atoms with van der Waals surface area (Å²) in [5.74, 6) is -2.80. The molecular weight excluding hydrogens is 290 g/mol. The van der Waals surface area contributed by atoms with Crippen molar-refractivity contribution in [3.05, 3.63) is 58.2 Å². The van der Waals surface area contributed by atoms with Crippen LogP contribution in [0.5, 0.6) is 11.5 Å². The van der Waals surface area contributed by atoms with Gasteiger partial charge in [-0.25, -0.2) is 8.78 Å². The normalized spacial score (nSPS) is 10.4. The van der Waals surface area contributed by atoms with E-state index in [0.29, 0.717) is 6.07 Å². The van der Waals surface area contributed by atoms with Gasteiger partial charge in [-0.05, 0) is 12.1 Å². The summed E-state index contributed by atoms with van der Waals surface area (Å²) in [6.07, 6.45) is 2.48. The Labute approximate surface area is 124 Å². The standard InChI is InChI=1S/C16H8F2N2O2/c17-11-3-1-9(14(18)6-11)2-4-12-10(7-19)5-15(21)16(22)13(12)8-20/h1-6,21-22H. The molecule has 22 heavy (non-hydrogen) atoms. The molecule has 6 heteroatoms. The maximum atomic E-state index is 13.6. The number of phenols is 2. The SMILES string of the molecule is N#Cc1cc(O)c(O)c(C#N)c1C=Cc1ccc(F)cc1F. The van der Waals surface area contributed by atoms with Gasteiger partial charge >= 0.3 is 0 Å². The fourth-order valence-corrected chi connectivity index (χ4v) is 1.86. The Morgan fingerprint density at radius 1 is 1.00 bits per heavy atom. The highest BCUT2D eigenvalue weighted by Crippen LogP contribution is 2.34. The van der Waals surface area contributed by atoms with Crippen LogP contribution in [0, 0.1) is 34.3 Å². The summed E-state index contributed by atoms with van der Waals surface area (Å²) in [5, 5.41) is 37.2. The molecule has 0 aromatic heterocycles. The van der Waals surface area contributed by atoms with Gasteiger partial charge in [-0.3, -0.25) is 0 Å². The smallest absolute Gasteiger partial charge is 0.176 e. The molecule has 0 saturated heterocycles. The fourth-order valence-electron chi connectivity index (χ4n) is 1.86. The Morgan fingerprint density at radius 2 is 1.73 bits per heavy atom. The van der Waals surface area contributed by atoms with Crippen molar-refractivity contribution in [1.29, 1.82) is 10.5 Å². The summed E-state index contributed by atoms with van der Waals surface area (Å²) < 4.78 is 26.4. The molecule has 108 valence electrons. The molecule has 0 aliphatic carbocycles. The molecule has 0 aliphatic rings. The van der Waals surface area contributed by atoms with Gasteiger partial charge in [0.15, 0.2) is 11.5 Å². The van der Waals surface area contributed by atoms with Crippen molar-refractivity contribution < 1.29 is 19.0 Å². The third-order valence-corrected chi connectivity index (χ3v) is 2.94. The van der Waals surface area contributed by atoms with E-state index in [1.54, 1.807) is 12.1 Å². The third kappa shape index (κ3) is 2.72. The van der Waals surface area contributed by atoms with Gasteiger partial charge in [-0.1, -0.05) is 12.2 Å². The second-order valence-electron chi connectivity index (χ2n) is 4.30. The van der Waals surface area contributed by atoms with Crippen LogP contribution in [-0.4, -0.2) is 10.2 Å². The molecule has 0 radical (unpaired) electrons. The summed E-state index contributed by atoms with van der Waals surface area (Å²) >= 11 is 0. The molecule has 2 N–H and O–H groups in total. The number of hydrogen-bond acceptors (Lipinski definition) is 4. The Morgan fingerprint density at radius 3 is 2.32 bits per heavy atom. The van der Waals surface area contributed by atoms with Gasteiger partial charge in [0, 0.05) is 23.3 Å². The predicted molar refractivity (Wildman–Crippen MR) is 74.5 cm³/mol. The van der Waals surface area contributed by atoms with E-state index in [9.17, 15) is 19.0 Å². The van der Waals surface area contributed by atoms with Crippen LogP contribution in [-0.2, 0) is 0 Å². The molecule has 0 bridgehead atoms. The minimum Gasteiger partial charge on any atom is -0.504 e. The lowest BCUT2D eigenvalue weighted by atomic mass is 9.99. The van der Waals surface area contributed by atoms with E-state index in [2.05, 4.69) is 0 Å². The summed E-state index contributed by atoms with van der Waals surface area (Å²) in [5.41, 5.74) is -0.299. The van der Waals surface area contributed by atoms with Crippen molar-refractivity contribution in [3.8, 4) is 23.6 Å². The number of hydrogen-bond donors (Lipinski definition) is 2. The predicted octanol–water partition coefficient (Wildman–Crippen LogP) is 3.29. The second-order valence-corrected chi connectivity index (χ2v) is 4.30. The molecule has 0 atom stereocenters. The summed E-state index contributed by atoms with van der Waals surface area (Å²) in [6.45, 7) is 0. The third-order valence-electron chi connectivity index (χ3n) is 2.94. The highest BCUT2D eigenvalue weighted by atomic mass is 19.1. The lowest BCUT2D eigenvalue weighted by molar-refractivity contribution is 0.402. The molecule has 0 unspecified atom stereocenters. The maximum absolute atomic E-state index is 13.6. The molecule has 2 rings (SSSR count). The van der Waals surface area contributed by atoms with Gasteiger partial charge in [0.05, 0.1) is 11.6 Å². The van der Waals surface area contributed by atoms with E-state index in [1.807, 2.05) is 0 Å². The van der Waals surface area contributed by atoms with Crippen LogP contribution in [0.25, 0.3) is 12.2 Å². The molecule has 0 saturated carbocycles. The lowest BCUT2D eigenvalue weighted by Gasteiger charge is -2.06. The largest absolute Gasteiger partial charge is 0.504 e. The number of nitriles is 2. The summed E-state index contributed by atoms with van der Waals surface area (Å²) in [7, 11) is 0. The number of phenolic OH excluding ortho intramolecular Hbond substituents is 2. The van der Waals surface area contributed by atoms with Crippen molar-refractivity contribution in [3.63, 3.8) is 0 Å². The van der Waals surface area contributed by atoms with Crippen LogP contribution in [0.4, 0.5) is 8.78 Å². The van der Waals surface area contributed by atoms with Crippen molar-refractivity contribution in [2.75, 3.05) is 0 Å². The van der Waals surface area contributed by atoms with E-state index in [0.717, 1.165) is 12.1 Å². The molecular formula is C16H8F2N2O2. The molecule has 2 aromatic rings. The zero-order valence-electron chi connectivity index (χ0n) is 11.0. The fraction of sp³-hybridized carbons (Fsp3) is 0. The van der Waals surface area contributed by atoms with Crippen LogP contribution in [0.3, 0.4) is 0 Å². The quantitative estimate of drug-likeness (QED) is 0.657. The first-order valence-corrected chi connectivity index (χ1v) is 6.00. The minimum atomic E-state index is -0.809. The Hall–Kier alpha value is -3.38.